The van der Waals surface area contributed by atoms with Crippen molar-refractivity contribution in [2.45, 2.75) is 46.0 Å². The van der Waals surface area contributed by atoms with E-state index in [9.17, 15) is 24.0 Å². The van der Waals surface area contributed by atoms with Gasteiger partial charge in [0.2, 0.25) is 0 Å². The highest BCUT2D eigenvalue weighted by Gasteiger charge is 2.15. The quantitative estimate of drug-likeness (QED) is 0.0387. The van der Waals surface area contributed by atoms with Crippen LogP contribution in [0.25, 0.3) is 0 Å². The minimum absolute atomic E-state index is 0.175. The normalized spacial score (nSPS) is 10.3. The Kier molecular flexibility index (Phi) is 14.5. The molecule has 12 heteroatoms. The molecule has 0 fully saturated rings. The van der Waals surface area contributed by atoms with E-state index in [2.05, 4.69) is 6.58 Å². The van der Waals surface area contributed by atoms with Gasteiger partial charge >= 0.3 is 30.2 Å². The average molecular weight is 649 g/mol. The number of carbonyl (C=O) groups is 5. The zero-order valence-electron chi connectivity index (χ0n) is 26.2. The number of esters is 3. The van der Waals surface area contributed by atoms with Crippen LogP contribution in [-0.4, -0.2) is 50.0 Å². The summed E-state index contributed by atoms with van der Waals surface area (Å²) in [6, 6.07) is 16.1. The maximum atomic E-state index is 12.7. The molecule has 0 saturated carbocycles. The fourth-order valence-corrected chi connectivity index (χ4v) is 3.82. The molecule has 47 heavy (non-hydrogen) atoms. The molecule has 0 saturated heterocycles. The van der Waals surface area contributed by atoms with Crippen molar-refractivity contribution in [3.05, 3.63) is 96.1 Å². The highest BCUT2D eigenvalue weighted by Crippen LogP contribution is 2.26. The summed E-state index contributed by atoms with van der Waals surface area (Å²) in [6.45, 7) is 7.61. The smallest absolute Gasteiger partial charge is 0.463 e. The molecular formula is C35H36O12. The summed E-state index contributed by atoms with van der Waals surface area (Å²) in [5, 5.41) is 0. The van der Waals surface area contributed by atoms with Crippen LogP contribution in [0.5, 0.6) is 23.0 Å². The molecule has 0 spiro atoms. The molecular weight excluding hydrogens is 612 g/mol. The number of unbranched alkanes of at least 4 members (excludes halogenated alkanes) is 3. The molecule has 0 aliphatic rings. The fourth-order valence-electron chi connectivity index (χ4n) is 3.82. The topological polar surface area (TPSA) is 150 Å². The maximum absolute atomic E-state index is 12.7. The maximum Gasteiger partial charge on any atom is 0.513 e. The van der Waals surface area contributed by atoms with Crippen molar-refractivity contribution in [1.82, 2.24) is 0 Å². The predicted octanol–water partition coefficient (Wildman–Crippen LogP) is 7.16. The second kappa shape index (κ2) is 19.0. The van der Waals surface area contributed by atoms with Gasteiger partial charge in [-0.25, -0.2) is 24.0 Å². The number of benzene rings is 3. The Balaban J connectivity index is 1.41. The van der Waals surface area contributed by atoms with Crippen molar-refractivity contribution in [3.8, 4) is 23.0 Å². The van der Waals surface area contributed by atoms with Gasteiger partial charge in [0.05, 0.1) is 30.9 Å². The van der Waals surface area contributed by atoms with Crippen molar-refractivity contribution < 1.29 is 57.1 Å². The third-order valence-electron chi connectivity index (χ3n) is 6.24. The molecule has 0 N–H and O–H groups in total. The monoisotopic (exact) mass is 648 g/mol. The lowest BCUT2D eigenvalue weighted by Crippen LogP contribution is -2.12. The van der Waals surface area contributed by atoms with Gasteiger partial charge in [-0.1, -0.05) is 13.5 Å². The van der Waals surface area contributed by atoms with Gasteiger partial charge in [-0.2, -0.15) is 0 Å². The highest BCUT2D eigenvalue weighted by atomic mass is 16.7. The van der Waals surface area contributed by atoms with Gasteiger partial charge < -0.3 is 33.2 Å². The second-order valence-corrected chi connectivity index (χ2v) is 9.94. The number of hydrogen-bond acceptors (Lipinski definition) is 12. The Hall–Kier alpha value is -5.65. The van der Waals surface area contributed by atoms with E-state index in [1.165, 1.54) is 60.7 Å². The zero-order chi connectivity index (χ0) is 34.0. The molecule has 0 amide bonds. The Morgan fingerprint density at radius 1 is 0.596 bits per heavy atom. The van der Waals surface area contributed by atoms with Gasteiger partial charge in [0.15, 0.2) is 0 Å². The largest absolute Gasteiger partial charge is 0.513 e. The van der Waals surface area contributed by atoms with Crippen molar-refractivity contribution >= 4 is 30.2 Å². The summed E-state index contributed by atoms with van der Waals surface area (Å²) in [7, 11) is 0. The SMILES string of the molecule is C=CC(=O)OCCCCCCOC(=O)Oc1ccc(C(=O)Oc2ccc(OC(=O)c3ccc(OC(=O)OCCC)cc3)c(C)c2)cc1. The van der Waals surface area contributed by atoms with E-state index >= 15 is 0 Å². The van der Waals surface area contributed by atoms with E-state index in [0.29, 0.717) is 31.4 Å². The summed E-state index contributed by atoms with van der Waals surface area (Å²) in [4.78, 5) is 59.8. The van der Waals surface area contributed by atoms with E-state index in [-0.39, 0.29) is 47.3 Å². The standard InChI is InChI=1S/C35H36O12/c1-4-20-42-34(39)45-27-16-12-26(13-17-27)33(38)47-30-19-18-29(23-24(30)3)44-32(37)25-10-14-28(15-11-25)46-35(40)43-22-9-7-6-8-21-41-31(36)5-2/h5,10-19,23H,2,4,6-9,20-22H2,1,3H3. The molecule has 0 aromatic heterocycles. The lowest BCUT2D eigenvalue weighted by Gasteiger charge is -2.11. The Morgan fingerprint density at radius 3 is 1.60 bits per heavy atom. The van der Waals surface area contributed by atoms with Crippen molar-refractivity contribution in [2.24, 2.45) is 0 Å². The number of rotatable bonds is 16. The molecule has 0 unspecified atom stereocenters. The molecule has 12 nitrogen and oxygen atoms in total. The molecule has 0 bridgehead atoms. The highest BCUT2D eigenvalue weighted by molar-refractivity contribution is 5.92. The lowest BCUT2D eigenvalue weighted by atomic mass is 10.2. The summed E-state index contributed by atoms with van der Waals surface area (Å²) < 4.78 is 35.9. The molecule has 3 rings (SSSR count). The third kappa shape index (κ3) is 12.7. The summed E-state index contributed by atoms with van der Waals surface area (Å²) in [6.07, 6.45) is 3.01. The van der Waals surface area contributed by atoms with Crippen molar-refractivity contribution in [2.75, 3.05) is 19.8 Å². The van der Waals surface area contributed by atoms with Gasteiger partial charge in [-0.15, -0.1) is 0 Å². The Morgan fingerprint density at radius 2 is 1.09 bits per heavy atom. The van der Waals surface area contributed by atoms with E-state index in [4.69, 9.17) is 33.2 Å². The van der Waals surface area contributed by atoms with Crippen LogP contribution in [-0.2, 0) is 19.0 Å². The molecule has 0 aliphatic carbocycles. The van der Waals surface area contributed by atoms with Gasteiger partial charge in [-0.05, 0) is 111 Å². The second-order valence-electron chi connectivity index (χ2n) is 9.94. The minimum atomic E-state index is -0.869. The molecule has 0 atom stereocenters. The minimum Gasteiger partial charge on any atom is -0.463 e. The van der Waals surface area contributed by atoms with Crippen LogP contribution in [0.4, 0.5) is 9.59 Å². The number of carbonyl (C=O) groups excluding carboxylic acids is 5. The first-order valence-electron chi connectivity index (χ1n) is 14.9. The summed E-state index contributed by atoms with van der Waals surface area (Å²) >= 11 is 0. The third-order valence-corrected chi connectivity index (χ3v) is 6.24. The van der Waals surface area contributed by atoms with Crippen molar-refractivity contribution in [3.63, 3.8) is 0 Å². The number of hydrogen-bond donors (Lipinski definition) is 0. The zero-order valence-corrected chi connectivity index (χ0v) is 26.2. The Bertz CT molecular complexity index is 1530. The number of aryl methyl sites for hydroxylation is 1. The van der Waals surface area contributed by atoms with E-state index in [1.807, 2.05) is 6.92 Å². The first-order valence-corrected chi connectivity index (χ1v) is 14.9. The van der Waals surface area contributed by atoms with Gasteiger partial charge in [-0.3, -0.25) is 0 Å². The molecule has 0 aliphatic heterocycles. The van der Waals surface area contributed by atoms with Gasteiger partial charge in [0.25, 0.3) is 0 Å². The molecule has 3 aromatic carbocycles. The molecule has 3 aromatic rings. The van der Waals surface area contributed by atoms with Crippen LogP contribution in [0.2, 0.25) is 0 Å². The first kappa shape index (κ1) is 35.8. The lowest BCUT2D eigenvalue weighted by molar-refractivity contribution is -0.137. The molecule has 0 radical (unpaired) electrons. The summed E-state index contributed by atoms with van der Waals surface area (Å²) in [5.74, 6) is -0.840. The van der Waals surface area contributed by atoms with Crippen LogP contribution in [0, 0.1) is 6.92 Å². The predicted molar refractivity (Wildman–Crippen MR) is 168 cm³/mol. The van der Waals surface area contributed by atoms with Crippen LogP contribution < -0.4 is 18.9 Å². The van der Waals surface area contributed by atoms with E-state index in [1.54, 1.807) is 13.0 Å². The van der Waals surface area contributed by atoms with Crippen LogP contribution >= 0.6 is 0 Å². The van der Waals surface area contributed by atoms with Gasteiger partial charge in [0.1, 0.15) is 23.0 Å². The van der Waals surface area contributed by atoms with E-state index in [0.717, 1.165) is 18.9 Å². The van der Waals surface area contributed by atoms with E-state index < -0.39 is 30.2 Å². The van der Waals surface area contributed by atoms with Crippen molar-refractivity contribution in [1.29, 1.82) is 0 Å². The van der Waals surface area contributed by atoms with Gasteiger partial charge in [0, 0.05) is 6.08 Å². The van der Waals surface area contributed by atoms with Crippen LogP contribution in [0.1, 0.15) is 65.3 Å². The van der Waals surface area contributed by atoms with Crippen LogP contribution in [0.15, 0.2) is 79.4 Å². The molecule has 248 valence electrons. The number of ether oxygens (including phenoxy) is 7. The average Bonchev–Trinajstić information content (AvgIpc) is 3.06. The summed E-state index contributed by atoms with van der Waals surface area (Å²) in [5.41, 5.74) is 0.981. The van der Waals surface area contributed by atoms with Crippen LogP contribution in [0.3, 0.4) is 0 Å². The first-order chi connectivity index (χ1) is 22.7. The fraction of sp³-hybridized carbons (Fsp3) is 0.286. The Labute approximate surface area is 272 Å². The molecule has 0 heterocycles.